The number of rotatable bonds is 2. The van der Waals surface area contributed by atoms with Crippen LogP contribution in [0.1, 0.15) is 66.5 Å². The van der Waals surface area contributed by atoms with Crippen LogP contribution in [0.25, 0.3) is 0 Å². The molecule has 7 unspecified atom stereocenters. The van der Waals surface area contributed by atoms with Gasteiger partial charge < -0.3 is 13.9 Å². The summed E-state index contributed by atoms with van der Waals surface area (Å²) in [6, 6.07) is 0. The molecule has 6 heteroatoms. The zero-order valence-electron chi connectivity index (χ0n) is 17.2. The number of Topliss-reactive ketones (excluding diaryl/α,β-unsaturated/α-hetero) is 2. The first kappa shape index (κ1) is 18.6. The highest BCUT2D eigenvalue weighted by atomic mass is 16.5. The summed E-state index contributed by atoms with van der Waals surface area (Å²) in [7, 11) is 1.58. The van der Waals surface area contributed by atoms with Gasteiger partial charge in [0, 0.05) is 34.7 Å². The van der Waals surface area contributed by atoms with Crippen LogP contribution in [0.5, 0.6) is 0 Å². The molecule has 3 aliphatic carbocycles. The smallest absolute Gasteiger partial charge is 0.342 e. The molecule has 1 aliphatic heterocycles. The second kappa shape index (κ2) is 5.61. The summed E-state index contributed by atoms with van der Waals surface area (Å²) in [6.07, 6.45) is 2.69. The lowest BCUT2D eigenvalue weighted by molar-refractivity contribution is -0.134. The lowest BCUT2D eigenvalue weighted by Gasteiger charge is -2.58. The van der Waals surface area contributed by atoms with Crippen LogP contribution < -0.4 is 0 Å². The summed E-state index contributed by atoms with van der Waals surface area (Å²) in [4.78, 5) is 39.1. The first-order valence-corrected chi connectivity index (χ1v) is 10.3. The molecule has 0 bridgehead atoms. The minimum atomic E-state index is -0.622. The number of fused-ring (bicyclic) bond motifs is 4. The molecule has 2 heterocycles. The van der Waals surface area contributed by atoms with Crippen LogP contribution in [0.4, 0.5) is 0 Å². The Bertz CT molecular complexity index is 972. The van der Waals surface area contributed by atoms with Gasteiger partial charge in [-0.3, -0.25) is 9.59 Å². The summed E-state index contributed by atoms with van der Waals surface area (Å²) < 4.78 is 17.0. The number of furan rings is 1. The quantitative estimate of drug-likeness (QED) is 0.558. The molecule has 1 aromatic heterocycles. The summed E-state index contributed by atoms with van der Waals surface area (Å²) in [5.74, 6) is -0.342. The average Bonchev–Trinajstić information content (AvgIpc) is 3.26. The van der Waals surface area contributed by atoms with Crippen LogP contribution >= 0.6 is 0 Å². The molecule has 0 N–H and O–H groups in total. The number of hydrogen-bond acceptors (Lipinski definition) is 6. The molecule has 0 amide bonds. The molecular formula is C23H26O6. The highest BCUT2D eigenvalue weighted by Crippen LogP contribution is 2.65. The summed E-state index contributed by atoms with van der Waals surface area (Å²) in [5.41, 5.74) is -0.205. The zero-order valence-corrected chi connectivity index (χ0v) is 17.2. The molecule has 0 aromatic carbocycles. The van der Waals surface area contributed by atoms with Crippen LogP contribution in [0, 0.1) is 29.1 Å². The topological polar surface area (TPSA) is 82.8 Å². The minimum Gasteiger partial charge on any atom is -0.501 e. The van der Waals surface area contributed by atoms with Gasteiger partial charge in [0.2, 0.25) is 5.78 Å². The number of carbonyl (C=O) groups excluding carboxylic acids is 3. The monoisotopic (exact) mass is 398 g/mol. The molecule has 0 saturated heterocycles. The first-order valence-electron chi connectivity index (χ1n) is 10.3. The molecule has 2 saturated carbocycles. The van der Waals surface area contributed by atoms with Crippen molar-refractivity contribution >= 4 is 17.5 Å². The lowest BCUT2D eigenvalue weighted by Crippen LogP contribution is -2.62. The second-order valence-electron chi connectivity index (χ2n) is 9.57. The maximum absolute atomic E-state index is 13.7. The standard InChI is InChI=1S/C23H26O6/c1-10(27-5)12-8-22(3)14(6-7-15(22)24)16-17(12)23(4)11(2)29-21(26)13-9-28-20(18(13)23)19(16)25/h9,11-12,14,16-17H,1,6-8H2,2-5H3. The van der Waals surface area contributed by atoms with Crippen LogP contribution in [-0.4, -0.2) is 30.7 Å². The van der Waals surface area contributed by atoms with E-state index in [1.165, 1.54) is 6.26 Å². The fourth-order valence-corrected chi connectivity index (χ4v) is 6.99. The van der Waals surface area contributed by atoms with Gasteiger partial charge in [0.25, 0.3) is 0 Å². The molecule has 5 rings (SSSR count). The molecule has 6 nitrogen and oxygen atoms in total. The van der Waals surface area contributed by atoms with E-state index in [0.29, 0.717) is 36.1 Å². The number of carbonyl (C=O) groups is 3. The third kappa shape index (κ3) is 2.00. The molecule has 154 valence electrons. The van der Waals surface area contributed by atoms with E-state index in [1.807, 2.05) is 13.8 Å². The lowest BCUT2D eigenvalue weighted by atomic mass is 9.44. The molecule has 1 aromatic rings. The van der Waals surface area contributed by atoms with Crippen molar-refractivity contribution in [1.29, 1.82) is 0 Å². The third-order valence-electron chi connectivity index (χ3n) is 8.61. The Morgan fingerprint density at radius 2 is 2.00 bits per heavy atom. The molecule has 4 aliphatic rings. The molecule has 29 heavy (non-hydrogen) atoms. The Balaban J connectivity index is 1.79. The van der Waals surface area contributed by atoms with Crippen molar-refractivity contribution in [3.8, 4) is 0 Å². The fraction of sp³-hybridized carbons (Fsp3) is 0.609. The largest absolute Gasteiger partial charge is 0.501 e. The third-order valence-corrected chi connectivity index (χ3v) is 8.61. The van der Waals surface area contributed by atoms with E-state index in [0.717, 1.165) is 0 Å². The van der Waals surface area contributed by atoms with Crippen LogP contribution in [0.2, 0.25) is 0 Å². The number of esters is 1. The van der Waals surface area contributed by atoms with E-state index in [1.54, 1.807) is 7.11 Å². The zero-order chi connectivity index (χ0) is 20.9. The normalized spacial score (nSPS) is 42.6. The van der Waals surface area contributed by atoms with E-state index in [2.05, 4.69) is 13.5 Å². The highest BCUT2D eigenvalue weighted by Gasteiger charge is 2.68. The number of allylic oxidation sites excluding steroid dienone is 1. The van der Waals surface area contributed by atoms with Gasteiger partial charge in [-0.1, -0.05) is 20.4 Å². The van der Waals surface area contributed by atoms with Crippen molar-refractivity contribution in [3.63, 3.8) is 0 Å². The highest BCUT2D eigenvalue weighted by molar-refractivity contribution is 6.05. The van der Waals surface area contributed by atoms with Gasteiger partial charge in [-0.05, 0) is 31.6 Å². The van der Waals surface area contributed by atoms with Gasteiger partial charge in [0.05, 0.1) is 12.9 Å². The number of ether oxygens (including phenoxy) is 2. The second-order valence-corrected chi connectivity index (χ2v) is 9.57. The Morgan fingerprint density at radius 1 is 1.28 bits per heavy atom. The molecule has 2 fully saturated rings. The Hall–Kier alpha value is -2.37. The van der Waals surface area contributed by atoms with Crippen molar-refractivity contribution in [3.05, 3.63) is 35.5 Å². The van der Waals surface area contributed by atoms with Crippen molar-refractivity contribution in [2.75, 3.05) is 7.11 Å². The number of methoxy groups -OCH3 is 1. The van der Waals surface area contributed by atoms with Crippen molar-refractivity contribution in [1.82, 2.24) is 0 Å². The Labute approximate surface area is 169 Å². The number of ketones is 2. The fourth-order valence-electron chi connectivity index (χ4n) is 6.99. The van der Waals surface area contributed by atoms with E-state index < -0.39 is 28.8 Å². The van der Waals surface area contributed by atoms with Crippen molar-refractivity contribution in [2.24, 2.45) is 29.1 Å². The van der Waals surface area contributed by atoms with Gasteiger partial charge in [-0.15, -0.1) is 0 Å². The van der Waals surface area contributed by atoms with Crippen LogP contribution in [-0.2, 0) is 19.7 Å². The van der Waals surface area contributed by atoms with E-state index in [4.69, 9.17) is 13.9 Å². The van der Waals surface area contributed by atoms with E-state index in [9.17, 15) is 14.4 Å². The van der Waals surface area contributed by atoms with E-state index in [-0.39, 0.29) is 35.1 Å². The average molecular weight is 398 g/mol. The molecule has 7 atom stereocenters. The molecule has 0 spiro atoms. The Kier molecular flexibility index (Phi) is 3.61. The molecule has 0 radical (unpaired) electrons. The molecular weight excluding hydrogens is 372 g/mol. The van der Waals surface area contributed by atoms with Crippen LogP contribution in [0.3, 0.4) is 0 Å². The SMILES string of the molecule is C=C(OC)C1CC2(C)C(=O)CCC2C2C(=O)c3occ4c3C(C)(C(C)OC4=O)C12. The summed E-state index contributed by atoms with van der Waals surface area (Å²) >= 11 is 0. The van der Waals surface area contributed by atoms with E-state index >= 15 is 0 Å². The predicted molar refractivity (Wildman–Crippen MR) is 102 cm³/mol. The number of hydrogen-bond donors (Lipinski definition) is 0. The van der Waals surface area contributed by atoms with Crippen LogP contribution in [0.15, 0.2) is 23.0 Å². The maximum Gasteiger partial charge on any atom is 0.342 e. The van der Waals surface area contributed by atoms with Gasteiger partial charge in [-0.2, -0.15) is 0 Å². The predicted octanol–water partition coefficient (Wildman–Crippen LogP) is 3.69. The van der Waals surface area contributed by atoms with Gasteiger partial charge >= 0.3 is 5.97 Å². The minimum absolute atomic E-state index is 0.0586. The Morgan fingerprint density at radius 3 is 2.69 bits per heavy atom. The number of cyclic esters (lactones) is 1. The van der Waals surface area contributed by atoms with Gasteiger partial charge in [0.1, 0.15) is 23.7 Å². The maximum atomic E-state index is 13.7. The van der Waals surface area contributed by atoms with Gasteiger partial charge in [-0.25, -0.2) is 4.79 Å². The first-order chi connectivity index (χ1) is 13.7. The van der Waals surface area contributed by atoms with Gasteiger partial charge in [0.15, 0.2) is 5.76 Å². The van der Waals surface area contributed by atoms with Crippen molar-refractivity contribution in [2.45, 2.75) is 51.6 Å². The summed E-state index contributed by atoms with van der Waals surface area (Å²) in [5, 5.41) is 0. The summed E-state index contributed by atoms with van der Waals surface area (Å²) in [6.45, 7) is 10.1. The van der Waals surface area contributed by atoms with Crippen molar-refractivity contribution < 1.29 is 28.3 Å².